The topological polar surface area (TPSA) is 92.4 Å². The highest BCUT2D eigenvalue weighted by molar-refractivity contribution is 5.79. The van der Waals surface area contributed by atoms with Crippen LogP contribution in [0.5, 0.6) is 0 Å². The van der Waals surface area contributed by atoms with Crippen LogP contribution in [-0.4, -0.2) is 29.6 Å². The molecular formula is C12H22N2O3. The van der Waals surface area contributed by atoms with E-state index in [2.05, 4.69) is 5.32 Å². The first kappa shape index (κ1) is 14.0. The Kier molecular flexibility index (Phi) is 5.97. The van der Waals surface area contributed by atoms with E-state index in [1.165, 1.54) is 0 Å². The summed E-state index contributed by atoms with van der Waals surface area (Å²) in [6.45, 7) is 0.551. The number of hydrogen-bond donors (Lipinski definition) is 3. The molecular weight excluding hydrogens is 220 g/mol. The number of amides is 1. The first-order valence-electron chi connectivity index (χ1n) is 6.36. The third-order valence-electron chi connectivity index (χ3n) is 3.27. The lowest BCUT2D eigenvalue weighted by Gasteiger charge is -2.27. The van der Waals surface area contributed by atoms with Gasteiger partial charge >= 0.3 is 5.97 Å². The van der Waals surface area contributed by atoms with Crippen molar-refractivity contribution in [3.63, 3.8) is 0 Å². The molecule has 98 valence electrons. The maximum absolute atomic E-state index is 11.8. The summed E-state index contributed by atoms with van der Waals surface area (Å²) in [7, 11) is 0. The Morgan fingerprint density at radius 2 is 1.94 bits per heavy atom. The van der Waals surface area contributed by atoms with E-state index in [1.807, 2.05) is 0 Å². The highest BCUT2D eigenvalue weighted by atomic mass is 16.4. The SMILES string of the molecule is NC1CCCCC1C(=O)NCCCCC(=O)O. The maximum atomic E-state index is 11.8. The average Bonchev–Trinajstić information content (AvgIpc) is 2.28. The van der Waals surface area contributed by atoms with Crippen molar-refractivity contribution in [3.05, 3.63) is 0 Å². The van der Waals surface area contributed by atoms with Crippen LogP contribution < -0.4 is 11.1 Å². The fourth-order valence-corrected chi connectivity index (χ4v) is 2.23. The molecule has 1 amide bonds. The van der Waals surface area contributed by atoms with E-state index in [0.717, 1.165) is 25.7 Å². The molecule has 5 nitrogen and oxygen atoms in total. The molecule has 1 rings (SSSR count). The zero-order valence-electron chi connectivity index (χ0n) is 10.2. The molecule has 5 heteroatoms. The second-order valence-corrected chi connectivity index (χ2v) is 4.70. The molecule has 0 aromatic heterocycles. The van der Waals surface area contributed by atoms with Crippen LogP contribution in [-0.2, 0) is 9.59 Å². The van der Waals surface area contributed by atoms with E-state index >= 15 is 0 Å². The van der Waals surface area contributed by atoms with Crippen LogP contribution in [0, 0.1) is 5.92 Å². The third-order valence-corrected chi connectivity index (χ3v) is 3.27. The van der Waals surface area contributed by atoms with Gasteiger partial charge in [0.25, 0.3) is 0 Å². The zero-order valence-corrected chi connectivity index (χ0v) is 10.2. The quantitative estimate of drug-likeness (QED) is 0.603. The molecule has 0 aromatic rings. The van der Waals surface area contributed by atoms with Crippen LogP contribution in [0.25, 0.3) is 0 Å². The minimum atomic E-state index is -0.786. The molecule has 1 aliphatic carbocycles. The Hall–Kier alpha value is -1.10. The first-order valence-corrected chi connectivity index (χ1v) is 6.36. The molecule has 17 heavy (non-hydrogen) atoms. The standard InChI is InChI=1S/C12H22N2O3/c13-10-6-2-1-5-9(10)12(17)14-8-4-3-7-11(15)16/h9-10H,1-8,13H2,(H,14,17)(H,15,16). The van der Waals surface area contributed by atoms with Crippen LogP contribution in [0.15, 0.2) is 0 Å². The molecule has 2 atom stereocenters. The number of carboxylic acid groups (broad SMARTS) is 1. The summed E-state index contributed by atoms with van der Waals surface area (Å²) >= 11 is 0. The molecule has 2 unspecified atom stereocenters. The molecule has 0 spiro atoms. The lowest BCUT2D eigenvalue weighted by atomic mass is 9.84. The van der Waals surface area contributed by atoms with E-state index in [9.17, 15) is 9.59 Å². The number of aliphatic carboxylic acids is 1. The van der Waals surface area contributed by atoms with Gasteiger partial charge in [0.15, 0.2) is 0 Å². The van der Waals surface area contributed by atoms with Gasteiger partial charge in [-0.3, -0.25) is 9.59 Å². The van der Waals surface area contributed by atoms with Crippen molar-refractivity contribution in [1.29, 1.82) is 0 Å². The normalized spacial score (nSPS) is 24.3. The monoisotopic (exact) mass is 242 g/mol. The summed E-state index contributed by atoms with van der Waals surface area (Å²) < 4.78 is 0. The van der Waals surface area contributed by atoms with Crippen molar-refractivity contribution >= 4 is 11.9 Å². The van der Waals surface area contributed by atoms with Gasteiger partial charge in [0.1, 0.15) is 0 Å². The van der Waals surface area contributed by atoms with Gasteiger partial charge in [0, 0.05) is 19.0 Å². The Balaban J connectivity index is 2.13. The molecule has 0 aromatic carbocycles. The van der Waals surface area contributed by atoms with Gasteiger partial charge in [0.2, 0.25) is 5.91 Å². The Bertz CT molecular complexity index is 268. The van der Waals surface area contributed by atoms with Crippen LogP contribution in [0.4, 0.5) is 0 Å². The summed E-state index contributed by atoms with van der Waals surface area (Å²) in [5.41, 5.74) is 5.91. The number of nitrogens with two attached hydrogens (primary N) is 1. The number of nitrogens with one attached hydrogen (secondary N) is 1. The summed E-state index contributed by atoms with van der Waals surface area (Å²) in [5.74, 6) is -0.804. The Morgan fingerprint density at radius 3 is 2.59 bits per heavy atom. The molecule has 0 heterocycles. The fraction of sp³-hybridized carbons (Fsp3) is 0.833. The van der Waals surface area contributed by atoms with Crippen LogP contribution in [0.2, 0.25) is 0 Å². The third kappa shape index (κ3) is 5.17. The summed E-state index contributed by atoms with van der Waals surface area (Å²) in [6, 6.07) is -0.0113. The number of carbonyl (C=O) groups is 2. The maximum Gasteiger partial charge on any atom is 0.303 e. The number of carboxylic acids is 1. The van der Waals surface area contributed by atoms with E-state index < -0.39 is 5.97 Å². The molecule has 1 fully saturated rings. The minimum Gasteiger partial charge on any atom is -0.481 e. The highest BCUT2D eigenvalue weighted by Crippen LogP contribution is 2.22. The number of rotatable bonds is 6. The van der Waals surface area contributed by atoms with Gasteiger partial charge in [-0.2, -0.15) is 0 Å². The van der Waals surface area contributed by atoms with Crippen LogP contribution >= 0.6 is 0 Å². The lowest BCUT2D eigenvalue weighted by Crippen LogP contribution is -2.43. The van der Waals surface area contributed by atoms with Crippen LogP contribution in [0.1, 0.15) is 44.9 Å². The van der Waals surface area contributed by atoms with E-state index in [-0.39, 0.29) is 24.3 Å². The van der Waals surface area contributed by atoms with Gasteiger partial charge in [-0.1, -0.05) is 12.8 Å². The predicted molar refractivity (Wildman–Crippen MR) is 64.4 cm³/mol. The minimum absolute atomic E-state index is 0.0113. The number of carbonyl (C=O) groups excluding carboxylic acids is 1. The van der Waals surface area contributed by atoms with Crippen LogP contribution in [0.3, 0.4) is 0 Å². The van der Waals surface area contributed by atoms with Gasteiger partial charge < -0.3 is 16.2 Å². The van der Waals surface area contributed by atoms with E-state index in [4.69, 9.17) is 10.8 Å². The zero-order chi connectivity index (χ0) is 12.7. The largest absolute Gasteiger partial charge is 0.481 e. The summed E-state index contributed by atoms with van der Waals surface area (Å²) in [5, 5.41) is 11.3. The van der Waals surface area contributed by atoms with Gasteiger partial charge in [-0.15, -0.1) is 0 Å². The lowest BCUT2D eigenvalue weighted by molar-refractivity contribution is -0.137. The smallest absolute Gasteiger partial charge is 0.303 e. The molecule has 4 N–H and O–H groups in total. The molecule has 0 saturated heterocycles. The van der Waals surface area contributed by atoms with Crippen molar-refractivity contribution in [2.24, 2.45) is 11.7 Å². The predicted octanol–water partition coefficient (Wildman–Crippen LogP) is 0.875. The van der Waals surface area contributed by atoms with Gasteiger partial charge in [0.05, 0.1) is 5.92 Å². The number of unbranched alkanes of at least 4 members (excludes halogenated alkanes) is 1. The van der Waals surface area contributed by atoms with Crippen molar-refractivity contribution in [2.45, 2.75) is 51.0 Å². The Morgan fingerprint density at radius 1 is 1.24 bits per heavy atom. The first-order chi connectivity index (χ1) is 8.11. The molecule has 1 aliphatic rings. The van der Waals surface area contributed by atoms with Crippen molar-refractivity contribution in [2.75, 3.05) is 6.54 Å². The van der Waals surface area contributed by atoms with Crippen molar-refractivity contribution < 1.29 is 14.7 Å². The molecule has 1 saturated carbocycles. The summed E-state index contributed by atoms with van der Waals surface area (Å²) in [4.78, 5) is 22.1. The average molecular weight is 242 g/mol. The van der Waals surface area contributed by atoms with Crippen molar-refractivity contribution in [3.8, 4) is 0 Å². The van der Waals surface area contributed by atoms with E-state index in [0.29, 0.717) is 19.4 Å². The molecule has 0 radical (unpaired) electrons. The second-order valence-electron chi connectivity index (χ2n) is 4.70. The van der Waals surface area contributed by atoms with Gasteiger partial charge in [-0.05, 0) is 25.7 Å². The fourth-order valence-electron chi connectivity index (χ4n) is 2.23. The van der Waals surface area contributed by atoms with E-state index in [1.54, 1.807) is 0 Å². The summed E-state index contributed by atoms with van der Waals surface area (Å²) in [6.07, 6.45) is 5.47. The van der Waals surface area contributed by atoms with Gasteiger partial charge in [-0.25, -0.2) is 0 Å². The molecule has 0 bridgehead atoms. The molecule has 0 aliphatic heterocycles. The van der Waals surface area contributed by atoms with Crippen molar-refractivity contribution in [1.82, 2.24) is 5.32 Å². The Labute approximate surface area is 102 Å². The highest BCUT2D eigenvalue weighted by Gasteiger charge is 2.27. The number of hydrogen-bond acceptors (Lipinski definition) is 3. The second kappa shape index (κ2) is 7.27.